The smallest absolute Gasteiger partial charge is 0.320 e. The SMILES string of the molecule is C[C@@H]1CCC[C@H](C)N1C(=O)N1CCC[C@@H](C(=O)O)C1. The molecule has 2 aliphatic rings. The molecule has 1 N–H and O–H groups in total. The molecule has 0 unspecified atom stereocenters. The van der Waals surface area contributed by atoms with Crippen LogP contribution in [-0.2, 0) is 4.79 Å². The van der Waals surface area contributed by atoms with Crippen molar-refractivity contribution in [2.45, 2.75) is 58.0 Å². The van der Waals surface area contributed by atoms with Crippen molar-refractivity contribution in [2.24, 2.45) is 5.92 Å². The molecule has 2 aliphatic heterocycles. The van der Waals surface area contributed by atoms with Gasteiger partial charge in [-0.05, 0) is 46.0 Å². The Kier molecular flexibility index (Phi) is 4.32. The normalized spacial score (nSPS) is 32.2. The fourth-order valence-electron chi connectivity index (χ4n) is 3.31. The molecular weight excluding hydrogens is 244 g/mol. The monoisotopic (exact) mass is 268 g/mol. The minimum absolute atomic E-state index is 0.0330. The number of aliphatic carboxylic acids is 1. The lowest BCUT2D eigenvalue weighted by molar-refractivity contribution is -0.143. The van der Waals surface area contributed by atoms with Crippen molar-refractivity contribution in [3.05, 3.63) is 0 Å². The molecule has 2 fully saturated rings. The quantitative estimate of drug-likeness (QED) is 0.792. The van der Waals surface area contributed by atoms with Gasteiger partial charge in [0.15, 0.2) is 0 Å². The Hall–Kier alpha value is -1.26. The van der Waals surface area contributed by atoms with Crippen LogP contribution in [0.25, 0.3) is 0 Å². The number of hydrogen-bond acceptors (Lipinski definition) is 2. The number of piperidine rings is 2. The molecule has 0 saturated carbocycles. The van der Waals surface area contributed by atoms with Crippen LogP contribution >= 0.6 is 0 Å². The minimum Gasteiger partial charge on any atom is -0.481 e. The summed E-state index contributed by atoms with van der Waals surface area (Å²) in [6.07, 6.45) is 4.74. The lowest BCUT2D eigenvalue weighted by atomic mass is 9.96. The predicted octanol–water partition coefficient (Wildman–Crippen LogP) is 2.17. The van der Waals surface area contributed by atoms with Gasteiger partial charge in [0.1, 0.15) is 0 Å². The van der Waals surface area contributed by atoms with Crippen molar-refractivity contribution < 1.29 is 14.7 Å². The summed E-state index contributed by atoms with van der Waals surface area (Å²) < 4.78 is 0. The Morgan fingerprint density at radius 1 is 1.05 bits per heavy atom. The van der Waals surface area contributed by atoms with Crippen LogP contribution < -0.4 is 0 Å². The van der Waals surface area contributed by atoms with Gasteiger partial charge in [0, 0.05) is 25.2 Å². The standard InChI is InChI=1S/C14H24N2O3/c1-10-5-3-6-11(2)16(10)14(19)15-8-4-7-12(9-15)13(17)18/h10-12H,3-9H2,1-2H3,(H,17,18)/t10-,11+,12-/m1/s1. The van der Waals surface area contributed by atoms with Crippen LogP contribution in [0.1, 0.15) is 46.0 Å². The van der Waals surface area contributed by atoms with E-state index in [1.54, 1.807) is 4.90 Å². The van der Waals surface area contributed by atoms with Crippen molar-refractivity contribution in [2.75, 3.05) is 13.1 Å². The fourth-order valence-corrected chi connectivity index (χ4v) is 3.31. The zero-order chi connectivity index (χ0) is 14.0. The first-order chi connectivity index (χ1) is 9.00. The van der Waals surface area contributed by atoms with Crippen molar-refractivity contribution in [3.63, 3.8) is 0 Å². The summed E-state index contributed by atoms with van der Waals surface area (Å²) in [4.78, 5) is 27.4. The highest BCUT2D eigenvalue weighted by atomic mass is 16.4. The molecule has 0 aromatic carbocycles. The maximum Gasteiger partial charge on any atom is 0.320 e. The van der Waals surface area contributed by atoms with Gasteiger partial charge < -0.3 is 14.9 Å². The van der Waals surface area contributed by atoms with Crippen LogP contribution in [0, 0.1) is 5.92 Å². The molecule has 2 rings (SSSR count). The number of amides is 2. The molecule has 5 nitrogen and oxygen atoms in total. The molecule has 5 heteroatoms. The second kappa shape index (κ2) is 5.80. The van der Waals surface area contributed by atoms with Crippen LogP contribution in [0.15, 0.2) is 0 Å². The van der Waals surface area contributed by atoms with Crippen LogP contribution in [0.5, 0.6) is 0 Å². The summed E-state index contributed by atoms with van der Waals surface area (Å²) in [6, 6.07) is 0.563. The Morgan fingerprint density at radius 2 is 1.68 bits per heavy atom. The van der Waals surface area contributed by atoms with Crippen LogP contribution in [0.4, 0.5) is 4.79 Å². The molecule has 2 saturated heterocycles. The first-order valence-electron chi connectivity index (χ1n) is 7.30. The summed E-state index contributed by atoms with van der Waals surface area (Å²) >= 11 is 0. The van der Waals surface area contributed by atoms with E-state index in [1.165, 1.54) is 6.42 Å². The summed E-state index contributed by atoms with van der Waals surface area (Å²) in [5.74, 6) is -1.18. The highest BCUT2D eigenvalue weighted by Crippen LogP contribution is 2.26. The average molecular weight is 268 g/mol. The fraction of sp³-hybridized carbons (Fsp3) is 0.857. The maximum atomic E-state index is 12.6. The first kappa shape index (κ1) is 14.2. The van der Waals surface area contributed by atoms with Crippen molar-refractivity contribution in [1.29, 1.82) is 0 Å². The zero-order valence-corrected chi connectivity index (χ0v) is 11.8. The first-order valence-corrected chi connectivity index (χ1v) is 7.30. The lowest BCUT2D eigenvalue weighted by Gasteiger charge is -2.43. The number of carboxylic acids is 1. The Morgan fingerprint density at radius 3 is 2.26 bits per heavy atom. The molecule has 0 bridgehead atoms. The summed E-state index contributed by atoms with van der Waals surface area (Å²) in [5, 5.41) is 9.10. The van der Waals surface area contributed by atoms with Gasteiger partial charge in [0.05, 0.1) is 5.92 Å². The van der Waals surface area contributed by atoms with Gasteiger partial charge in [-0.3, -0.25) is 4.79 Å². The lowest BCUT2D eigenvalue weighted by Crippen LogP contribution is -2.55. The molecular formula is C14H24N2O3. The van der Waals surface area contributed by atoms with E-state index in [0.717, 1.165) is 19.3 Å². The molecule has 3 atom stereocenters. The van der Waals surface area contributed by atoms with Crippen molar-refractivity contribution >= 4 is 12.0 Å². The van der Waals surface area contributed by atoms with E-state index >= 15 is 0 Å². The number of rotatable bonds is 1. The summed E-state index contributed by atoms with van der Waals surface area (Å²) in [5.41, 5.74) is 0. The number of carbonyl (C=O) groups is 2. The number of urea groups is 1. The molecule has 0 aromatic rings. The number of nitrogens with zero attached hydrogens (tertiary/aromatic N) is 2. The molecule has 108 valence electrons. The highest BCUT2D eigenvalue weighted by Gasteiger charge is 2.35. The predicted molar refractivity (Wildman–Crippen MR) is 71.9 cm³/mol. The largest absolute Gasteiger partial charge is 0.481 e. The Labute approximate surface area is 114 Å². The van der Waals surface area contributed by atoms with Gasteiger partial charge in [-0.2, -0.15) is 0 Å². The van der Waals surface area contributed by atoms with E-state index in [2.05, 4.69) is 13.8 Å². The van der Waals surface area contributed by atoms with Gasteiger partial charge in [-0.15, -0.1) is 0 Å². The van der Waals surface area contributed by atoms with Gasteiger partial charge in [0.25, 0.3) is 0 Å². The van der Waals surface area contributed by atoms with Crippen molar-refractivity contribution in [3.8, 4) is 0 Å². The van der Waals surface area contributed by atoms with Crippen LogP contribution in [0.2, 0.25) is 0 Å². The molecule has 0 spiro atoms. The Bertz CT molecular complexity index is 349. The molecule has 2 amide bonds. The molecule has 0 radical (unpaired) electrons. The second-order valence-corrected chi connectivity index (χ2v) is 5.94. The third-order valence-electron chi connectivity index (χ3n) is 4.46. The van der Waals surface area contributed by atoms with Gasteiger partial charge in [-0.25, -0.2) is 4.79 Å². The minimum atomic E-state index is -0.780. The van der Waals surface area contributed by atoms with Gasteiger partial charge >= 0.3 is 12.0 Å². The van der Waals surface area contributed by atoms with Gasteiger partial charge in [-0.1, -0.05) is 0 Å². The third kappa shape index (κ3) is 3.01. The van der Waals surface area contributed by atoms with E-state index in [9.17, 15) is 9.59 Å². The summed E-state index contributed by atoms with van der Waals surface area (Å²) in [6.45, 7) is 5.24. The third-order valence-corrected chi connectivity index (χ3v) is 4.46. The summed E-state index contributed by atoms with van der Waals surface area (Å²) in [7, 11) is 0. The van der Waals surface area contributed by atoms with Crippen molar-refractivity contribution in [1.82, 2.24) is 9.80 Å². The number of likely N-dealkylation sites (tertiary alicyclic amines) is 2. The van der Waals surface area contributed by atoms with Crippen LogP contribution in [-0.4, -0.2) is 52.1 Å². The topological polar surface area (TPSA) is 60.9 Å². The molecule has 19 heavy (non-hydrogen) atoms. The second-order valence-electron chi connectivity index (χ2n) is 5.94. The van der Waals surface area contributed by atoms with Gasteiger partial charge in [0.2, 0.25) is 0 Å². The van der Waals surface area contributed by atoms with Crippen LogP contribution in [0.3, 0.4) is 0 Å². The maximum absolute atomic E-state index is 12.6. The van der Waals surface area contributed by atoms with E-state index in [0.29, 0.717) is 19.5 Å². The molecule has 0 aromatic heterocycles. The zero-order valence-electron chi connectivity index (χ0n) is 11.8. The van der Waals surface area contributed by atoms with E-state index in [4.69, 9.17) is 5.11 Å². The molecule has 0 aliphatic carbocycles. The molecule has 2 heterocycles. The number of carbonyl (C=O) groups excluding carboxylic acids is 1. The Balaban J connectivity index is 2.03. The number of hydrogen-bond donors (Lipinski definition) is 1. The average Bonchev–Trinajstić information content (AvgIpc) is 2.38. The van der Waals surface area contributed by atoms with E-state index in [1.807, 2.05) is 4.90 Å². The highest BCUT2D eigenvalue weighted by molar-refractivity contribution is 5.77. The number of carboxylic acid groups (broad SMARTS) is 1. The van der Waals surface area contributed by atoms with E-state index < -0.39 is 11.9 Å². The van der Waals surface area contributed by atoms with E-state index in [-0.39, 0.29) is 18.1 Å².